The van der Waals surface area contributed by atoms with Crippen molar-refractivity contribution in [2.24, 2.45) is 0 Å². The molecule has 0 saturated heterocycles. The average Bonchev–Trinajstić information content (AvgIpc) is 2.83. The first-order chi connectivity index (χ1) is 9.28. The Morgan fingerprint density at radius 2 is 1.95 bits per heavy atom. The summed E-state index contributed by atoms with van der Waals surface area (Å²) >= 11 is 0. The zero-order chi connectivity index (χ0) is 13.5. The third-order valence-electron chi connectivity index (χ3n) is 2.75. The van der Waals surface area contributed by atoms with Gasteiger partial charge in [-0.3, -0.25) is 0 Å². The van der Waals surface area contributed by atoms with Gasteiger partial charge in [-0.2, -0.15) is 4.98 Å². The van der Waals surface area contributed by atoms with Crippen molar-refractivity contribution < 1.29 is 9.26 Å². The Labute approximate surface area is 113 Å². The van der Waals surface area contributed by atoms with E-state index >= 15 is 0 Å². The molecule has 1 N–H and O–H groups in total. The van der Waals surface area contributed by atoms with Crippen LogP contribution < -0.4 is 5.32 Å². The third kappa shape index (κ3) is 4.46. The monoisotopic (exact) mass is 261 g/mol. The molecule has 2 aromatic rings. The standard InChI is InChI=1S/C14H19N3O2/c1-11-16-14(19-17-11)7-8-15-9-12-3-5-13(6-4-12)10-18-2/h3-6,15H,7-10H2,1-2H3. The van der Waals surface area contributed by atoms with E-state index in [9.17, 15) is 0 Å². The molecule has 0 bridgehead atoms. The van der Waals surface area contributed by atoms with Gasteiger partial charge in [-0.25, -0.2) is 0 Å². The number of hydrogen-bond acceptors (Lipinski definition) is 5. The molecular formula is C14H19N3O2. The zero-order valence-electron chi connectivity index (χ0n) is 11.3. The summed E-state index contributed by atoms with van der Waals surface area (Å²) in [5.41, 5.74) is 2.44. The topological polar surface area (TPSA) is 60.2 Å². The van der Waals surface area contributed by atoms with Gasteiger partial charge >= 0.3 is 0 Å². The molecular weight excluding hydrogens is 242 g/mol. The predicted molar refractivity (Wildman–Crippen MR) is 71.6 cm³/mol. The zero-order valence-corrected chi connectivity index (χ0v) is 11.3. The van der Waals surface area contributed by atoms with Crippen LogP contribution in [0.3, 0.4) is 0 Å². The summed E-state index contributed by atoms with van der Waals surface area (Å²) in [5.74, 6) is 1.36. The van der Waals surface area contributed by atoms with Crippen molar-refractivity contribution in [2.75, 3.05) is 13.7 Å². The quantitative estimate of drug-likeness (QED) is 0.771. The summed E-state index contributed by atoms with van der Waals surface area (Å²) in [6, 6.07) is 8.39. The Morgan fingerprint density at radius 1 is 1.21 bits per heavy atom. The number of hydrogen-bond donors (Lipinski definition) is 1. The summed E-state index contributed by atoms with van der Waals surface area (Å²) < 4.78 is 10.1. The number of benzene rings is 1. The highest BCUT2D eigenvalue weighted by Gasteiger charge is 2.01. The van der Waals surface area contributed by atoms with Gasteiger partial charge in [-0.15, -0.1) is 0 Å². The second-order valence-electron chi connectivity index (χ2n) is 4.41. The second kappa shape index (κ2) is 7.01. The fourth-order valence-corrected chi connectivity index (χ4v) is 1.79. The molecule has 1 aromatic carbocycles. The summed E-state index contributed by atoms with van der Waals surface area (Å²) in [6.45, 7) is 4.13. The Hall–Kier alpha value is -1.72. The lowest BCUT2D eigenvalue weighted by Crippen LogP contribution is -2.16. The minimum atomic E-state index is 0.657. The SMILES string of the molecule is COCc1ccc(CNCCc2nc(C)no2)cc1. The molecule has 1 aromatic heterocycles. The molecule has 5 heteroatoms. The van der Waals surface area contributed by atoms with E-state index in [1.807, 2.05) is 6.92 Å². The maximum Gasteiger partial charge on any atom is 0.227 e. The minimum Gasteiger partial charge on any atom is -0.380 e. The Morgan fingerprint density at radius 3 is 2.58 bits per heavy atom. The van der Waals surface area contributed by atoms with E-state index in [0.29, 0.717) is 18.3 Å². The molecule has 0 atom stereocenters. The van der Waals surface area contributed by atoms with Gasteiger partial charge in [-0.1, -0.05) is 29.4 Å². The lowest BCUT2D eigenvalue weighted by atomic mass is 10.1. The van der Waals surface area contributed by atoms with Crippen LogP contribution in [0.1, 0.15) is 22.8 Å². The molecule has 5 nitrogen and oxygen atoms in total. The van der Waals surface area contributed by atoms with Crippen molar-refractivity contribution in [2.45, 2.75) is 26.5 Å². The number of ether oxygens (including phenoxy) is 1. The van der Waals surface area contributed by atoms with Gasteiger partial charge in [0.25, 0.3) is 0 Å². The van der Waals surface area contributed by atoms with Crippen LogP contribution in [0.25, 0.3) is 0 Å². The molecule has 0 aliphatic heterocycles. The largest absolute Gasteiger partial charge is 0.380 e. The Balaban J connectivity index is 1.70. The first-order valence-corrected chi connectivity index (χ1v) is 6.34. The maximum atomic E-state index is 5.08. The van der Waals surface area contributed by atoms with E-state index in [-0.39, 0.29) is 0 Å². The van der Waals surface area contributed by atoms with Crippen LogP contribution in [-0.4, -0.2) is 23.8 Å². The van der Waals surface area contributed by atoms with Crippen molar-refractivity contribution in [1.82, 2.24) is 15.5 Å². The van der Waals surface area contributed by atoms with E-state index in [2.05, 4.69) is 39.7 Å². The van der Waals surface area contributed by atoms with Crippen LogP contribution in [0.2, 0.25) is 0 Å². The lowest BCUT2D eigenvalue weighted by molar-refractivity contribution is 0.185. The summed E-state index contributed by atoms with van der Waals surface area (Å²) in [7, 11) is 1.70. The number of nitrogens with one attached hydrogen (secondary N) is 1. The first-order valence-electron chi connectivity index (χ1n) is 6.34. The van der Waals surface area contributed by atoms with Gasteiger partial charge in [0, 0.05) is 26.6 Å². The van der Waals surface area contributed by atoms with Crippen LogP contribution in [0, 0.1) is 6.92 Å². The van der Waals surface area contributed by atoms with Crippen molar-refractivity contribution >= 4 is 0 Å². The fraction of sp³-hybridized carbons (Fsp3) is 0.429. The Bertz CT molecular complexity index is 494. The number of aryl methyl sites for hydroxylation is 1. The molecule has 0 fully saturated rings. The Kier molecular flexibility index (Phi) is 5.06. The van der Waals surface area contributed by atoms with Crippen LogP contribution in [0.5, 0.6) is 0 Å². The van der Waals surface area contributed by atoms with Crippen molar-refractivity contribution in [3.8, 4) is 0 Å². The highest BCUT2D eigenvalue weighted by Crippen LogP contribution is 2.05. The number of rotatable bonds is 7. The summed E-state index contributed by atoms with van der Waals surface area (Å²) in [6.07, 6.45) is 0.753. The fourth-order valence-electron chi connectivity index (χ4n) is 1.79. The minimum absolute atomic E-state index is 0.657. The smallest absolute Gasteiger partial charge is 0.227 e. The van der Waals surface area contributed by atoms with E-state index < -0.39 is 0 Å². The predicted octanol–water partition coefficient (Wildman–Crippen LogP) is 1.86. The maximum absolute atomic E-state index is 5.08. The molecule has 102 valence electrons. The molecule has 19 heavy (non-hydrogen) atoms. The summed E-state index contributed by atoms with van der Waals surface area (Å²) in [5, 5.41) is 7.11. The van der Waals surface area contributed by atoms with Gasteiger partial charge in [0.15, 0.2) is 5.82 Å². The van der Waals surface area contributed by atoms with Gasteiger partial charge in [-0.05, 0) is 18.1 Å². The highest BCUT2D eigenvalue weighted by molar-refractivity contribution is 5.21. The van der Waals surface area contributed by atoms with Crippen molar-refractivity contribution in [3.05, 3.63) is 47.1 Å². The molecule has 0 spiro atoms. The van der Waals surface area contributed by atoms with E-state index in [0.717, 1.165) is 19.5 Å². The van der Waals surface area contributed by atoms with Crippen LogP contribution >= 0.6 is 0 Å². The second-order valence-corrected chi connectivity index (χ2v) is 4.41. The van der Waals surface area contributed by atoms with Gasteiger partial charge < -0.3 is 14.6 Å². The molecule has 0 aliphatic carbocycles. The third-order valence-corrected chi connectivity index (χ3v) is 2.75. The van der Waals surface area contributed by atoms with Crippen LogP contribution in [0.4, 0.5) is 0 Å². The number of nitrogens with zero attached hydrogens (tertiary/aromatic N) is 2. The first kappa shape index (κ1) is 13.7. The van der Waals surface area contributed by atoms with Crippen molar-refractivity contribution in [1.29, 1.82) is 0 Å². The lowest BCUT2D eigenvalue weighted by Gasteiger charge is -2.05. The van der Waals surface area contributed by atoms with Crippen LogP contribution in [0.15, 0.2) is 28.8 Å². The average molecular weight is 261 g/mol. The van der Waals surface area contributed by atoms with Gasteiger partial charge in [0.2, 0.25) is 5.89 Å². The molecule has 0 unspecified atom stereocenters. The highest BCUT2D eigenvalue weighted by atomic mass is 16.5. The van der Waals surface area contributed by atoms with Gasteiger partial charge in [0.1, 0.15) is 0 Å². The summed E-state index contributed by atoms with van der Waals surface area (Å²) in [4.78, 5) is 4.16. The van der Waals surface area contributed by atoms with Crippen molar-refractivity contribution in [3.63, 3.8) is 0 Å². The van der Waals surface area contributed by atoms with E-state index in [4.69, 9.17) is 9.26 Å². The van der Waals surface area contributed by atoms with E-state index in [1.54, 1.807) is 7.11 Å². The number of aromatic nitrogens is 2. The van der Waals surface area contributed by atoms with Gasteiger partial charge in [0.05, 0.1) is 6.61 Å². The molecule has 0 saturated carbocycles. The van der Waals surface area contributed by atoms with E-state index in [1.165, 1.54) is 11.1 Å². The molecule has 0 aliphatic rings. The number of methoxy groups -OCH3 is 1. The normalized spacial score (nSPS) is 10.8. The molecule has 0 amide bonds. The molecule has 0 radical (unpaired) electrons. The molecule has 1 heterocycles. The van der Waals surface area contributed by atoms with Crippen LogP contribution in [-0.2, 0) is 24.3 Å². The molecule has 2 rings (SSSR count).